The molecule has 0 spiro atoms. The second kappa shape index (κ2) is 9.83. The van der Waals surface area contributed by atoms with Gasteiger partial charge in [0, 0.05) is 32.3 Å². The maximum Gasteiger partial charge on any atom is 0.246 e. The predicted octanol–water partition coefficient (Wildman–Crippen LogP) is 3.59. The zero-order valence-electron chi connectivity index (χ0n) is 17.8. The molecule has 2 aliphatic rings. The van der Waals surface area contributed by atoms with Gasteiger partial charge in [-0.1, -0.05) is 24.3 Å². The van der Waals surface area contributed by atoms with E-state index in [0.717, 1.165) is 24.0 Å². The zero-order chi connectivity index (χ0) is 22.6. The molecule has 2 heterocycles. The molecule has 1 amide bonds. The summed E-state index contributed by atoms with van der Waals surface area (Å²) in [5, 5.41) is 0. The summed E-state index contributed by atoms with van der Waals surface area (Å²) in [7, 11) is -3.22. The van der Waals surface area contributed by atoms with Gasteiger partial charge in [-0.3, -0.25) is 9.10 Å². The van der Waals surface area contributed by atoms with Gasteiger partial charge in [0.05, 0.1) is 17.5 Å². The summed E-state index contributed by atoms with van der Waals surface area (Å²) >= 11 is 0. The van der Waals surface area contributed by atoms with Crippen LogP contribution < -0.4 is 4.31 Å². The molecule has 2 aromatic carbocycles. The number of carbonyl (C=O) groups excluding carboxylic acids is 1. The van der Waals surface area contributed by atoms with Gasteiger partial charge in [-0.05, 0) is 60.7 Å². The van der Waals surface area contributed by atoms with Crippen LogP contribution in [0.4, 0.5) is 10.1 Å². The quantitative estimate of drug-likeness (QED) is 0.595. The number of carbonyl (C=O) groups is 1. The van der Waals surface area contributed by atoms with Crippen LogP contribution in [0, 0.1) is 5.82 Å². The van der Waals surface area contributed by atoms with Crippen molar-refractivity contribution >= 4 is 27.7 Å². The average Bonchev–Trinajstić information content (AvgIpc) is 3.41. The average molecular weight is 459 g/mol. The molecule has 0 radical (unpaired) electrons. The van der Waals surface area contributed by atoms with E-state index in [1.54, 1.807) is 47.4 Å². The van der Waals surface area contributed by atoms with Gasteiger partial charge in [-0.2, -0.15) is 0 Å². The van der Waals surface area contributed by atoms with Crippen molar-refractivity contribution in [2.75, 3.05) is 29.8 Å². The van der Waals surface area contributed by atoms with E-state index in [4.69, 9.17) is 4.74 Å². The first-order valence-corrected chi connectivity index (χ1v) is 12.5. The van der Waals surface area contributed by atoms with Crippen LogP contribution in [0.1, 0.15) is 30.4 Å². The SMILES string of the molecule is O=C(/C=C/c1ccc(N2CCCS2(=O)=O)cc1)N(Cc1cccc(F)c1)CC1CCCO1. The first-order chi connectivity index (χ1) is 15.4. The van der Waals surface area contributed by atoms with Gasteiger partial charge in [-0.15, -0.1) is 0 Å². The number of ether oxygens (including phenoxy) is 1. The predicted molar refractivity (Wildman–Crippen MR) is 122 cm³/mol. The van der Waals surface area contributed by atoms with E-state index in [1.165, 1.54) is 22.5 Å². The number of hydrogen-bond donors (Lipinski definition) is 0. The summed E-state index contributed by atoms with van der Waals surface area (Å²) in [6, 6.07) is 13.4. The Hall–Kier alpha value is -2.71. The zero-order valence-corrected chi connectivity index (χ0v) is 18.6. The number of halogens is 1. The van der Waals surface area contributed by atoms with Crippen molar-refractivity contribution in [3.63, 3.8) is 0 Å². The molecule has 0 N–H and O–H groups in total. The number of benzene rings is 2. The van der Waals surface area contributed by atoms with E-state index in [0.29, 0.717) is 38.3 Å². The molecule has 1 atom stereocenters. The van der Waals surface area contributed by atoms with E-state index < -0.39 is 10.0 Å². The molecule has 2 saturated heterocycles. The van der Waals surface area contributed by atoms with Crippen molar-refractivity contribution < 1.29 is 22.3 Å². The molecule has 2 fully saturated rings. The number of hydrogen-bond acceptors (Lipinski definition) is 4. The highest BCUT2D eigenvalue weighted by Crippen LogP contribution is 2.24. The third-order valence-corrected chi connectivity index (χ3v) is 7.59. The Labute approximate surface area is 188 Å². The maximum absolute atomic E-state index is 13.6. The highest BCUT2D eigenvalue weighted by atomic mass is 32.2. The number of amides is 1. The number of rotatable bonds is 7. The van der Waals surface area contributed by atoms with E-state index in [1.807, 2.05) is 0 Å². The van der Waals surface area contributed by atoms with E-state index >= 15 is 0 Å². The summed E-state index contributed by atoms with van der Waals surface area (Å²) in [4.78, 5) is 14.6. The Morgan fingerprint density at radius 3 is 2.66 bits per heavy atom. The Balaban J connectivity index is 1.45. The first-order valence-electron chi connectivity index (χ1n) is 10.8. The van der Waals surface area contributed by atoms with Crippen LogP contribution in [-0.4, -0.2) is 50.8 Å². The van der Waals surface area contributed by atoms with Crippen molar-refractivity contribution in [3.05, 3.63) is 71.6 Å². The molecule has 4 rings (SSSR count). The number of nitrogens with zero attached hydrogens (tertiary/aromatic N) is 2. The Morgan fingerprint density at radius 2 is 2.00 bits per heavy atom. The highest BCUT2D eigenvalue weighted by Gasteiger charge is 2.28. The minimum Gasteiger partial charge on any atom is -0.376 e. The summed E-state index contributed by atoms with van der Waals surface area (Å²) in [6.45, 7) is 1.94. The molecule has 0 aliphatic carbocycles. The largest absolute Gasteiger partial charge is 0.376 e. The third kappa shape index (κ3) is 5.55. The third-order valence-electron chi connectivity index (χ3n) is 5.72. The molecule has 2 aliphatic heterocycles. The molecule has 8 heteroatoms. The van der Waals surface area contributed by atoms with Crippen molar-refractivity contribution in [1.29, 1.82) is 0 Å². The maximum atomic E-state index is 13.6. The van der Waals surface area contributed by atoms with Crippen LogP contribution in [0.25, 0.3) is 6.08 Å². The fourth-order valence-corrected chi connectivity index (χ4v) is 5.64. The Morgan fingerprint density at radius 1 is 1.19 bits per heavy atom. The van der Waals surface area contributed by atoms with Gasteiger partial charge in [0.1, 0.15) is 5.82 Å². The van der Waals surface area contributed by atoms with Crippen molar-refractivity contribution in [2.45, 2.75) is 31.9 Å². The molecular weight excluding hydrogens is 431 g/mol. The van der Waals surface area contributed by atoms with Crippen LogP contribution >= 0.6 is 0 Å². The van der Waals surface area contributed by atoms with Gasteiger partial charge in [0.15, 0.2) is 0 Å². The lowest BCUT2D eigenvalue weighted by molar-refractivity contribution is -0.128. The van der Waals surface area contributed by atoms with Crippen LogP contribution in [-0.2, 0) is 26.1 Å². The van der Waals surface area contributed by atoms with Crippen molar-refractivity contribution in [2.24, 2.45) is 0 Å². The van der Waals surface area contributed by atoms with E-state index in [9.17, 15) is 17.6 Å². The second-order valence-corrected chi connectivity index (χ2v) is 10.2. The van der Waals surface area contributed by atoms with Gasteiger partial charge in [0.25, 0.3) is 0 Å². The van der Waals surface area contributed by atoms with Gasteiger partial charge < -0.3 is 9.64 Å². The Kier molecular flexibility index (Phi) is 6.91. The fraction of sp³-hybridized carbons (Fsp3) is 0.375. The van der Waals surface area contributed by atoms with Crippen molar-refractivity contribution in [1.82, 2.24) is 4.90 Å². The molecule has 32 heavy (non-hydrogen) atoms. The van der Waals surface area contributed by atoms with E-state index in [-0.39, 0.29) is 23.6 Å². The van der Waals surface area contributed by atoms with Gasteiger partial charge in [0.2, 0.25) is 15.9 Å². The summed E-state index contributed by atoms with van der Waals surface area (Å²) in [5.41, 5.74) is 2.15. The van der Waals surface area contributed by atoms with Crippen LogP contribution in [0.3, 0.4) is 0 Å². The summed E-state index contributed by atoms with van der Waals surface area (Å²) in [6.07, 6.45) is 5.69. The standard InChI is InChI=1S/C24H27FN2O4S/c25-21-5-1-4-20(16-21)17-26(18-23-6-2-14-31-23)24(28)12-9-19-7-10-22(11-8-19)27-13-3-15-32(27,29)30/h1,4-5,7-12,16,23H,2-3,6,13-15,17-18H2/b12-9+. The molecule has 0 bridgehead atoms. The molecule has 0 saturated carbocycles. The summed E-state index contributed by atoms with van der Waals surface area (Å²) in [5.74, 6) is -0.340. The molecular formula is C24H27FN2O4S. The van der Waals surface area contributed by atoms with Gasteiger partial charge >= 0.3 is 0 Å². The lowest BCUT2D eigenvalue weighted by Gasteiger charge is -2.24. The van der Waals surface area contributed by atoms with Crippen LogP contribution in [0.2, 0.25) is 0 Å². The topological polar surface area (TPSA) is 66.9 Å². The van der Waals surface area contributed by atoms with E-state index in [2.05, 4.69) is 0 Å². The number of anilines is 1. The van der Waals surface area contributed by atoms with Crippen molar-refractivity contribution in [3.8, 4) is 0 Å². The Bertz CT molecular complexity index is 1080. The minimum atomic E-state index is -3.22. The molecule has 0 aromatic heterocycles. The molecule has 1 unspecified atom stereocenters. The molecule has 170 valence electrons. The highest BCUT2D eigenvalue weighted by molar-refractivity contribution is 7.93. The number of sulfonamides is 1. The van der Waals surface area contributed by atoms with Crippen LogP contribution in [0.15, 0.2) is 54.6 Å². The molecule has 2 aromatic rings. The summed E-state index contributed by atoms with van der Waals surface area (Å²) < 4.78 is 44.9. The lowest BCUT2D eigenvalue weighted by Crippen LogP contribution is -2.35. The minimum absolute atomic E-state index is 0.0115. The first kappa shape index (κ1) is 22.5. The molecule has 6 nitrogen and oxygen atoms in total. The second-order valence-electron chi connectivity index (χ2n) is 8.15. The van der Waals surface area contributed by atoms with Gasteiger partial charge in [-0.25, -0.2) is 12.8 Å². The normalized spacial score (nSPS) is 20.2. The van der Waals surface area contributed by atoms with Crippen LogP contribution in [0.5, 0.6) is 0 Å². The monoisotopic (exact) mass is 458 g/mol. The smallest absolute Gasteiger partial charge is 0.246 e. The lowest BCUT2D eigenvalue weighted by atomic mass is 10.1. The fourth-order valence-electron chi connectivity index (χ4n) is 4.08.